The Morgan fingerprint density at radius 1 is 0.800 bits per heavy atom. The predicted molar refractivity (Wildman–Crippen MR) is 104 cm³/mol. The SMILES string of the molecule is Cc1cccc(C(c2ccccc2)N2CCN=C2c2ccccc2)c1. The molecule has 1 unspecified atom stereocenters. The van der Waals surface area contributed by atoms with E-state index in [9.17, 15) is 0 Å². The van der Waals surface area contributed by atoms with Crippen molar-refractivity contribution in [3.63, 3.8) is 0 Å². The topological polar surface area (TPSA) is 15.6 Å². The standard InChI is InChI=1S/C23H22N2/c1-18-9-8-14-21(17-18)22(19-10-4-2-5-11-19)25-16-15-24-23(25)20-12-6-3-7-13-20/h2-14,17,22H,15-16H2,1H3. The minimum atomic E-state index is 0.183. The van der Waals surface area contributed by atoms with E-state index < -0.39 is 0 Å². The lowest BCUT2D eigenvalue weighted by Gasteiger charge is -2.32. The molecule has 0 saturated carbocycles. The molecule has 3 aromatic carbocycles. The van der Waals surface area contributed by atoms with Crippen molar-refractivity contribution in [3.05, 3.63) is 107 Å². The van der Waals surface area contributed by atoms with Crippen LogP contribution in [0.25, 0.3) is 0 Å². The van der Waals surface area contributed by atoms with Crippen molar-refractivity contribution in [2.45, 2.75) is 13.0 Å². The minimum Gasteiger partial charge on any atom is -0.343 e. The zero-order chi connectivity index (χ0) is 17.1. The van der Waals surface area contributed by atoms with Crippen molar-refractivity contribution in [3.8, 4) is 0 Å². The highest BCUT2D eigenvalue weighted by Gasteiger charge is 2.28. The van der Waals surface area contributed by atoms with Crippen LogP contribution in [0.2, 0.25) is 0 Å². The van der Waals surface area contributed by atoms with Gasteiger partial charge in [-0.3, -0.25) is 4.99 Å². The summed E-state index contributed by atoms with van der Waals surface area (Å²) >= 11 is 0. The van der Waals surface area contributed by atoms with Gasteiger partial charge in [0, 0.05) is 12.1 Å². The first-order valence-electron chi connectivity index (χ1n) is 8.81. The molecule has 4 rings (SSSR count). The number of hydrogen-bond donors (Lipinski definition) is 0. The van der Waals surface area contributed by atoms with Crippen molar-refractivity contribution in [2.24, 2.45) is 4.99 Å². The fourth-order valence-corrected chi connectivity index (χ4v) is 3.58. The number of benzene rings is 3. The Morgan fingerprint density at radius 3 is 2.20 bits per heavy atom. The van der Waals surface area contributed by atoms with Crippen molar-refractivity contribution in [1.29, 1.82) is 0 Å². The zero-order valence-electron chi connectivity index (χ0n) is 14.5. The van der Waals surface area contributed by atoms with E-state index in [1.807, 2.05) is 0 Å². The summed E-state index contributed by atoms with van der Waals surface area (Å²) in [5, 5.41) is 0. The Morgan fingerprint density at radius 2 is 1.48 bits per heavy atom. The minimum absolute atomic E-state index is 0.183. The zero-order valence-corrected chi connectivity index (χ0v) is 14.5. The van der Waals surface area contributed by atoms with Gasteiger partial charge in [0.2, 0.25) is 0 Å². The Hall–Kier alpha value is -2.87. The van der Waals surface area contributed by atoms with Crippen LogP contribution < -0.4 is 0 Å². The van der Waals surface area contributed by atoms with Crippen LogP contribution in [-0.2, 0) is 0 Å². The van der Waals surface area contributed by atoms with Crippen molar-refractivity contribution >= 4 is 5.84 Å². The molecule has 3 aromatic rings. The molecular formula is C23H22N2. The molecule has 0 N–H and O–H groups in total. The van der Waals surface area contributed by atoms with Crippen LogP contribution >= 0.6 is 0 Å². The molecule has 0 amide bonds. The number of aliphatic imine (C=N–C) groups is 1. The van der Waals surface area contributed by atoms with Gasteiger partial charge in [0.25, 0.3) is 0 Å². The maximum absolute atomic E-state index is 4.82. The summed E-state index contributed by atoms with van der Waals surface area (Å²) in [6, 6.07) is 30.3. The van der Waals surface area contributed by atoms with Gasteiger partial charge in [-0.1, -0.05) is 90.5 Å². The van der Waals surface area contributed by atoms with Gasteiger partial charge in [-0.05, 0) is 18.1 Å². The maximum atomic E-state index is 4.82. The quantitative estimate of drug-likeness (QED) is 0.669. The summed E-state index contributed by atoms with van der Waals surface area (Å²) in [6.07, 6.45) is 0. The second-order valence-electron chi connectivity index (χ2n) is 6.49. The molecule has 2 nitrogen and oxygen atoms in total. The van der Waals surface area contributed by atoms with Crippen molar-refractivity contribution in [2.75, 3.05) is 13.1 Å². The van der Waals surface area contributed by atoms with Gasteiger partial charge in [0.1, 0.15) is 5.84 Å². The van der Waals surface area contributed by atoms with E-state index in [0.29, 0.717) is 0 Å². The Labute approximate surface area is 149 Å². The molecular weight excluding hydrogens is 304 g/mol. The van der Waals surface area contributed by atoms with Gasteiger partial charge >= 0.3 is 0 Å². The lowest BCUT2D eigenvalue weighted by molar-refractivity contribution is 0.389. The number of rotatable bonds is 4. The summed E-state index contributed by atoms with van der Waals surface area (Å²) in [5.74, 6) is 1.09. The van der Waals surface area contributed by atoms with Crippen LogP contribution in [-0.4, -0.2) is 23.8 Å². The van der Waals surface area contributed by atoms with Crippen LogP contribution in [0.3, 0.4) is 0 Å². The number of amidine groups is 1. The molecule has 25 heavy (non-hydrogen) atoms. The number of hydrogen-bond acceptors (Lipinski definition) is 2. The molecule has 0 saturated heterocycles. The van der Waals surface area contributed by atoms with Crippen LogP contribution in [0.4, 0.5) is 0 Å². The first kappa shape index (κ1) is 15.6. The lowest BCUT2D eigenvalue weighted by atomic mass is 9.95. The average molecular weight is 326 g/mol. The summed E-state index contributed by atoms with van der Waals surface area (Å²) in [4.78, 5) is 7.27. The highest BCUT2D eigenvalue weighted by Crippen LogP contribution is 2.32. The van der Waals surface area contributed by atoms with E-state index in [1.165, 1.54) is 22.3 Å². The molecule has 2 heteroatoms. The molecule has 1 heterocycles. The number of nitrogens with zero attached hydrogens (tertiary/aromatic N) is 2. The summed E-state index contributed by atoms with van der Waals surface area (Å²) < 4.78 is 0. The van der Waals surface area contributed by atoms with E-state index >= 15 is 0 Å². The van der Waals surface area contributed by atoms with Gasteiger partial charge in [-0.25, -0.2) is 0 Å². The molecule has 0 aliphatic carbocycles. The maximum Gasteiger partial charge on any atom is 0.131 e. The van der Waals surface area contributed by atoms with Gasteiger partial charge < -0.3 is 4.90 Å². The van der Waals surface area contributed by atoms with E-state index in [-0.39, 0.29) is 6.04 Å². The fourth-order valence-electron chi connectivity index (χ4n) is 3.58. The molecule has 1 aliphatic heterocycles. The summed E-state index contributed by atoms with van der Waals surface area (Å²) in [7, 11) is 0. The second-order valence-corrected chi connectivity index (χ2v) is 6.49. The molecule has 0 fully saturated rings. The highest BCUT2D eigenvalue weighted by molar-refractivity contribution is 6.00. The number of aryl methyl sites for hydroxylation is 1. The molecule has 1 aliphatic rings. The first-order chi connectivity index (χ1) is 12.3. The van der Waals surface area contributed by atoms with Gasteiger partial charge in [0.15, 0.2) is 0 Å². The molecule has 0 spiro atoms. The Kier molecular flexibility index (Phi) is 4.34. The fraction of sp³-hybridized carbons (Fsp3) is 0.174. The van der Waals surface area contributed by atoms with E-state index in [1.54, 1.807) is 0 Å². The summed E-state index contributed by atoms with van der Waals surface area (Å²) in [6.45, 7) is 3.94. The average Bonchev–Trinajstić information content (AvgIpc) is 3.13. The summed E-state index contributed by atoms with van der Waals surface area (Å²) in [5.41, 5.74) is 5.10. The van der Waals surface area contributed by atoms with Crippen LogP contribution in [0.5, 0.6) is 0 Å². The van der Waals surface area contributed by atoms with Gasteiger partial charge in [-0.2, -0.15) is 0 Å². The van der Waals surface area contributed by atoms with E-state index in [4.69, 9.17) is 4.99 Å². The predicted octanol–water partition coefficient (Wildman–Crippen LogP) is 4.85. The van der Waals surface area contributed by atoms with Crippen molar-refractivity contribution < 1.29 is 0 Å². The van der Waals surface area contributed by atoms with Crippen molar-refractivity contribution in [1.82, 2.24) is 4.90 Å². The van der Waals surface area contributed by atoms with E-state index in [0.717, 1.165) is 18.9 Å². The first-order valence-corrected chi connectivity index (χ1v) is 8.81. The van der Waals surface area contributed by atoms with E-state index in [2.05, 4.69) is 96.8 Å². The largest absolute Gasteiger partial charge is 0.343 e. The Bertz CT molecular complexity index is 869. The Balaban J connectivity index is 1.80. The van der Waals surface area contributed by atoms with Gasteiger partial charge in [-0.15, -0.1) is 0 Å². The third-order valence-electron chi connectivity index (χ3n) is 4.69. The molecule has 0 radical (unpaired) electrons. The molecule has 0 bridgehead atoms. The highest BCUT2D eigenvalue weighted by atomic mass is 15.3. The smallest absolute Gasteiger partial charge is 0.131 e. The second kappa shape index (κ2) is 6.94. The lowest BCUT2D eigenvalue weighted by Crippen LogP contribution is -2.33. The van der Waals surface area contributed by atoms with Crippen LogP contribution in [0.1, 0.15) is 28.3 Å². The third kappa shape index (κ3) is 3.20. The van der Waals surface area contributed by atoms with Gasteiger partial charge in [0.05, 0.1) is 12.6 Å². The molecule has 124 valence electrons. The monoisotopic (exact) mass is 326 g/mol. The van der Waals surface area contributed by atoms with Crippen LogP contribution in [0, 0.1) is 6.92 Å². The molecule has 1 atom stereocenters. The normalized spacial score (nSPS) is 15.1. The van der Waals surface area contributed by atoms with Crippen LogP contribution in [0.15, 0.2) is 89.9 Å². The third-order valence-corrected chi connectivity index (χ3v) is 4.69. The molecule has 0 aromatic heterocycles.